The number of benzene rings is 10. The van der Waals surface area contributed by atoms with E-state index in [4.69, 9.17) is 23.8 Å². The van der Waals surface area contributed by atoms with Gasteiger partial charge in [0.2, 0.25) is 5.95 Å². The minimum absolute atomic E-state index is 0.487. The summed E-state index contributed by atoms with van der Waals surface area (Å²) >= 11 is 0. The van der Waals surface area contributed by atoms with Crippen molar-refractivity contribution in [3.8, 4) is 39.9 Å². The molecule has 14 aromatic rings. The minimum atomic E-state index is -1.04. The van der Waals surface area contributed by atoms with Crippen LogP contribution in [0, 0.1) is 0 Å². The lowest BCUT2D eigenvalue weighted by Crippen LogP contribution is -2.21. The Morgan fingerprint density at radius 2 is 0.833 bits per heavy atom. The molecular formula is C63H39N6O2P. The van der Waals surface area contributed by atoms with Crippen molar-refractivity contribution >= 4 is 102 Å². The number of anilines is 4. The van der Waals surface area contributed by atoms with Crippen LogP contribution >= 0.6 is 8.22 Å². The zero-order valence-corrected chi connectivity index (χ0v) is 39.4. The lowest BCUT2D eigenvalue weighted by Gasteiger charge is -2.32. The molecule has 338 valence electrons. The van der Waals surface area contributed by atoms with Gasteiger partial charge in [-0.15, -0.1) is 0 Å². The molecule has 0 saturated heterocycles. The number of rotatable bonds is 7. The molecule has 0 N–H and O–H groups in total. The Morgan fingerprint density at radius 3 is 1.46 bits per heavy atom. The van der Waals surface area contributed by atoms with Gasteiger partial charge in [-0.2, -0.15) is 9.97 Å². The number of hydrogen-bond donors (Lipinski definition) is 0. The average Bonchev–Trinajstić information content (AvgIpc) is 4.21. The Kier molecular flexibility index (Phi) is 9.06. The van der Waals surface area contributed by atoms with E-state index in [1.165, 1.54) is 11.0 Å². The van der Waals surface area contributed by atoms with Crippen LogP contribution in [0.3, 0.4) is 0 Å². The van der Waals surface area contributed by atoms with Gasteiger partial charge < -0.3 is 8.83 Å². The van der Waals surface area contributed by atoms with Crippen LogP contribution in [0.5, 0.6) is 0 Å². The van der Waals surface area contributed by atoms with E-state index in [1.54, 1.807) is 0 Å². The molecule has 0 spiro atoms. The molecule has 15 rings (SSSR count). The van der Waals surface area contributed by atoms with Crippen molar-refractivity contribution in [3.63, 3.8) is 0 Å². The zero-order chi connectivity index (χ0) is 47.3. The van der Waals surface area contributed by atoms with Gasteiger partial charge in [0.25, 0.3) is 0 Å². The molecule has 1 unspecified atom stereocenters. The Morgan fingerprint density at radius 1 is 0.347 bits per heavy atom. The van der Waals surface area contributed by atoms with Gasteiger partial charge in [-0.25, -0.2) is 4.98 Å². The highest BCUT2D eigenvalue weighted by molar-refractivity contribution is 7.70. The lowest BCUT2D eigenvalue weighted by molar-refractivity contribution is 0.669. The van der Waals surface area contributed by atoms with Gasteiger partial charge in [0, 0.05) is 49.0 Å². The highest BCUT2D eigenvalue weighted by Crippen LogP contribution is 2.65. The van der Waals surface area contributed by atoms with Crippen LogP contribution in [0.15, 0.2) is 245 Å². The van der Waals surface area contributed by atoms with Gasteiger partial charge in [-0.1, -0.05) is 158 Å². The Hall–Kier alpha value is -9.36. The summed E-state index contributed by atoms with van der Waals surface area (Å²) in [6.45, 7) is 0. The maximum absolute atomic E-state index is 6.61. The molecule has 8 nitrogen and oxygen atoms in total. The smallest absolute Gasteiger partial charge is 0.238 e. The molecule has 5 heterocycles. The summed E-state index contributed by atoms with van der Waals surface area (Å²) in [6, 6.07) is 83.2. The molecule has 10 aromatic carbocycles. The van der Waals surface area contributed by atoms with Crippen molar-refractivity contribution < 1.29 is 8.83 Å². The molecular weight excluding hydrogens is 904 g/mol. The minimum Gasteiger partial charge on any atom is -0.455 e. The van der Waals surface area contributed by atoms with E-state index in [9.17, 15) is 0 Å². The van der Waals surface area contributed by atoms with E-state index in [0.717, 1.165) is 105 Å². The fourth-order valence-corrected chi connectivity index (χ4v) is 13.2. The summed E-state index contributed by atoms with van der Waals surface area (Å²) in [5.74, 6) is 1.48. The van der Waals surface area contributed by atoms with Gasteiger partial charge in [-0.05, 0) is 90.0 Å². The summed E-state index contributed by atoms with van der Waals surface area (Å²) in [5, 5.41) is 7.51. The summed E-state index contributed by atoms with van der Waals surface area (Å²) in [7, 11) is -1.04. The van der Waals surface area contributed by atoms with Crippen molar-refractivity contribution in [1.82, 2.24) is 19.5 Å². The van der Waals surface area contributed by atoms with Crippen LogP contribution in [-0.4, -0.2) is 19.5 Å². The van der Waals surface area contributed by atoms with Crippen LogP contribution in [0.2, 0.25) is 0 Å². The van der Waals surface area contributed by atoms with Gasteiger partial charge in [-0.3, -0.25) is 13.9 Å². The van der Waals surface area contributed by atoms with Crippen molar-refractivity contribution in [2.45, 2.75) is 0 Å². The van der Waals surface area contributed by atoms with Crippen LogP contribution in [0.1, 0.15) is 0 Å². The summed E-state index contributed by atoms with van der Waals surface area (Å²) in [5.41, 5.74) is 13.4. The fourth-order valence-electron chi connectivity index (χ4n) is 10.7. The lowest BCUT2D eigenvalue weighted by atomic mass is 10.0. The Labute approximate surface area is 414 Å². The predicted octanol–water partition coefficient (Wildman–Crippen LogP) is 16.7. The van der Waals surface area contributed by atoms with Crippen LogP contribution in [0.4, 0.5) is 22.7 Å². The second-order valence-corrected chi connectivity index (χ2v) is 19.9. The maximum Gasteiger partial charge on any atom is 0.238 e. The number of furan rings is 2. The first kappa shape index (κ1) is 40.5. The van der Waals surface area contributed by atoms with E-state index in [-0.39, 0.29) is 0 Å². The standard InChI is InChI=1S/C63H39N6O2P/c1-4-18-42(19-5-1)68-55-37-35-41(39-56(55)69(43-20-6-2-7-21-43)72(68)44-22-8-3-9-23-44)40-34-36-54-52(38-40)45-24-10-13-31-53(45)67(54)63-65-61(50-29-16-27-48-46-25-11-14-32-57(46)70-59(48)50)64-62(66-63)51-30-17-28-49-47-26-12-15-33-58(47)71-60(49)51/h1-39H. The van der Waals surface area contributed by atoms with Gasteiger partial charge in [0.05, 0.1) is 33.5 Å². The Bertz CT molecular complexity index is 4300. The predicted molar refractivity (Wildman–Crippen MR) is 295 cm³/mol. The fraction of sp³-hybridized carbons (Fsp3) is 0. The molecule has 0 amide bonds. The monoisotopic (exact) mass is 942 g/mol. The summed E-state index contributed by atoms with van der Waals surface area (Å²) in [4.78, 5) is 16.0. The second kappa shape index (κ2) is 16.1. The zero-order valence-electron chi connectivity index (χ0n) is 38.5. The average molecular weight is 943 g/mol. The molecule has 1 aliphatic heterocycles. The largest absolute Gasteiger partial charge is 0.455 e. The molecule has 72 heavy (non-hydrogen) atoms. The molecule has 0 aliphatic carbocycles. The molecule has 0 saturated carbocycles. The highest BCUT2D eigenvalue weighted by atomic mass is 31.1. The number of nitrogens with zero attached hydrogens (tertiary/aromatic N) is 6. The molecule has 1 aliphatic rings. The van der Waals surface area contributed by atoms with Gasteiger partial charge in [0.1, 0.15) is 30.6 Å². The first-order valence-electron chi connectivity index (χ1n) is 24.0. The van der Waals surface area contributed by atoms with Crippen molar-refractivity contribution in [1.29, 1.82) is 0 Å². The van der Waals surface area contributed by atoms with Gasteiger partial charge >= 0.3 is 0 Å². The van der Waals surface area contributed by atoms with E-state index in [2.05, 4.69) is 190 Å². The molecule has 9 heteroatoms. The normalized spacial score (nSPS) is 13.6. The van der Waals surface area contributed by atoms with E-state index < -0.39 is 8.22 Å². The molecule has 1 atom stereocenters. The highest BCUT2D eigenvalue weighted by Gasteiger charge is 2.40. The molecule has 0 radical (unpaired) electrons. The van der Waals surface area contributed by atoms with Crippen LogP contribution in [0.25, 0.3) is 106 Å². The van der Waals surface area contributed by atoms with Crippen LogP contribution < -0.4 is 14.6 Å². The SMILES string of the molecule is c1ccc(N2c3ccc(-c4ccc5c(c4)c4ccccc4n5-c4nc(-c5cccc6c5oc5ccccc56)nc(-c5cccc6c5oc5ccccc56)n4)cc3N(c3ccccc3)P2c2ccccc2)cc1. The molecule has 4 aromatic heterocycles. The topological polar surface area (TPSA) is 76.4 Å². The third kappa shape index (κ3) is 6.26. The van der Waals surface area contributed by atoms with E-state index in [1.807, 2.05) is 60.7 Å². The van der Waals surface area contributed by atoms with E-state index in [0.29, 0.717) is 17.6 Å². The van der Waals surface area contributed by atoms with Crippen molar-refractivity contribution in [2.75, 3.05) is 9.34 Å². The molecule has 0 fully saturated rings. The summed E-state index contributed by atoms with van der Waals surface area (Å²) in [6.07, 6.45) is 0. The Balaban J connectivity index is 0.931. The summed E-state index contributed by atoms with van der Waals surface area (Å²) < 4.78 is 20.4. The third-order valence-corrected chi connectivity index (χ3v) is 16.3. The van der Waals surface area contributed by atoms with E-state index >= 15 is 0 Å². The first-order valence-corrected chi connectivity index (χ1v) is 25.3. The number of hydrogen-bond acceptors (Lipinski definition) is 7. The van der Waals surface area contributed by atoms with Gasteiger partial charge in [0.15, 0.2) is 11.6 Å². The first-order chi connectivity index (χ1) is 35.7. The third-order valence-electron chi connectivity index (χ3n) is 13.9. The quantitative estimate of drug-likeness (QED) is 0.147. The molecule has 0 bridgehead atoms. The number of aromatic nitrogens is 4. The number of para-hydroxylation sites is 7. The maximum atomic E-state index is 6.61. The number of fused-ring (bicyclic) bond motifs is 10. The van der Waals surface area contributed by atoms with Crippen molar-refractivity contribution in [2.24, 2.45) is 0 Å². The van der Waals surface area contributed by atoms with Crippen LogP contribution in [-0.2, 0) is 0 Å². The second-order valence-electron chi connectivity index (χ2n) is 18.1. The van der Waals surface area contributed by atoms with Crippen molar-refractivity contribution in [3.05, 3.63) is 237 Å².